The molecule has 5 heteroatoms. The van der Waals surface area contributed by atoms with Crippen LogP contribution in [-0.2, 0) is 0 Å². The normalized spacial score (nSPS) is 11.1. The zero-order chi connectivity index (χ0) is 13.6. The van der Waals surface area contributed by atoms with Gasteiger partial charge in [0.25, 0.3) is 0 Å². The summed E-state index contributed by atoms with van der Waals surface area (Å²) in [5, 5.41) is 14.1. The molecular formula is C14H9BrO3S. The second-order valence-corrected chi connectivity index (χ2v) is 5.88. The molecule has 0 spiro atoms. The number of thiophene rings is 1. The van der Waals surface area contributed by atoms with Crippen molar-refractivity contribution in [2.75, 3.05) is 0 Å². The third kappa shape index (κ3) is 1.99. The number of hydrogen-bond donors (Lipinski definition) is 1. The zero-order valence-electron chi connectivity index (χ0n) is 9.94. The maximum absolute atomic E-state index is 12.2. The van der Waals surface area contributed by atoms with E-state index in [-0.39, 0.29) is 11.5 Å². The Hall–Kier alpha value is -1.59. The number of aromatic hydroxyl groups is 1. The third-order valence-corrected chi connectivity index (χ3v) is 4.12. The Morgan fingerprint density at radius 1 is 1.37 bits per heavy atom. The largest absolute Gasteiger partial charge is 0.502 e. The summed E-state index contributed by atoms with van der Waals surface area (Å²) in [5.74, 6) is -0.133. The van der Waals surface area contributed by atoms with E-state index < -0.39 is 5.43 Å². The van der Waals surface area contributed by atoms with Crippen molar-refractivity contribution >= 4 is 38.2 Å². The standard InChI is InChI=1S/C14H9BrO3S/c1-7-4-9-11(16)12(17)13(8-2-3-19-6-8)18-14(9)10(15)5-7/h2-6,17H,1H3. The molecule has 0 fully saturated rings. The minimum Gasteiger partial charge on any atom is -0.502 e. The third-order valence-electron chi connectivity index (χ3n) is 2.85. The van der Waals surface area contributed by atoms with Crippen LogP contribution in [-0.4, -0.2) is 5.11 Å². The summed E-state index contributed by atoms with van der Waals surface area (Å²) in [6.07, 6.45) is 0. The number of hydrogen-bond acceptors (Lipinski definition) is 4. The van der Waals surface area contributed by atoms with Crippen LogP contribution >= 0.6 is 27.3 Å². The Bertz CT molecular complexity index is 819. The van der Waals surface area contributed by atoms with E-state index in [0.717, 1.165) is 5.56 Å². The van der Waals surface area contributed by atoms with E-state index in [0.29, 0.717) is 21.0 Å². The highest BCUT2D eigenvalue weighted by molar-refractivity contribution is 9.10. The highest BCUT2D eigenvalue weighted by atomic mass is 79.9. The van der Waals surface area contributed by atoms with Crippen LogP contribution in [0.5, 0.6) is 5.75 Å². The fourth-order valence-electron chi connectivity index (χ4n) is 1.97. The Labute approximate surface area is 121 Å². The van der Waals surface area contributed by atoms with Crippen LogP contribution in [0.2, 0.25) is 0 Å². The molecule has 0 bridgehead atoms. The molecule has 1 N–H and O–H groups in total. The van der Waals surface area contributed by atoms with Gasteiger partial charge >= 0.3 is 0 Å². The molecule has 0 atom stereocenters. The smallest absolute Gasteiger partial charge is 0.235 e. The second-order valence-electron chi connectivity index (χ2n) is 4.24. The van der Waals surface area contributed by atoms with Crippen molar-refractivity contribution in [1.82, 2.24) is 0 Å². The molecule has 3 rings (SSSR count). The van der Waals surface area contributed by atoms with E-state index in [1.165, 1.54) is 11.3 Å². The topological polar surface area (TPSA) is 50.4 Å². The number of benzene rings is 1. The molecule has 0 aliphatic carbocycles. The molecule has 96 valence electrons. The lowest BCUT2D eigenvalue weighted by Crippen LogP contribution is -2.03. The lowest BCUT2D eigenvalue weighted by Gasteiger charge is -2.06. The van der Waals surface area contributed by atoms with Crippen molar-refractivity contribution in [1.29, 1.82) is 0 Å². The van der Waals surface area contributed by atoms with Crippen LogP contribution in [0.15, 0.2) is 42.6 Å². The summed E-state index contributed by atoms with van der Waals surface area (Å²) in [7, 11) is 0. The van der Waals surface area contributed by atoms with Gasteiger partial charge in [-0.05, 0) is 52.0 Å². The summed E-state index contributed by atoms with van der Waals surface area (Å²) < 4.78 is 6.42. The number of rotatable bonds is 1. The van der Waals surface area contributed by atoms with E-state index in [2.05, 4.69) is 15.9 Å². The molecule has 3 nitrogen and oxygen atoms in total. The molecule has 19 heavy (non-hydrogen) atoms. The molecular weight excluding hydrogens is 328 g/mol. The van der Waals surface area contributed by atoms with E-state index in [1.54, 1.807) is 12.1 Å². The van der Waals surface area contributed by atoms with Gasteiger partial charge in [0.2, 0.25) is 11.2 Å². The van der Waals surface area contributed by atoms with Gasteiger partial charge in [-0.15, -0.1) is 0 Å². The summed E-state index contributed by atoms with van der Waals surface area (Å²) in [6.45, 7) is 1.88. The van der Waals surface area contributed by atoms with Crippen molar-refractivity contribution in [2.45, 2.75) is 6.92 Å². The van der Waals surface area contributed by atoms with Crippen molar-refractivity contribution in [3.8, 4) is 17.1 Å². The van der Waals surface area contributed by atoms with Gasteiger partial charge in [-0.25, -0.2) is 0 Å². The first-order chi connectivity index (χ1) is 9.08. The Balaban J connectivity index is 2.45. The first kappa shape index (κ1) is 12.4. The van der Waals surface area contributed by atoms with Crippen LogP contribution < -0.4 is 5.43 Å². The maximum Gasteiger partial charge on any atom is 0.235 e. The number of fused-ring (bicyclic) bond motifs is 1. The van der Waals surface area contributed by atoms with E-state index >= 15 is 0 Å². The van der Waals surface area contributed by atoms with E-state index in [9.17, 15) is 9.90 Å². The Morgan fingerprint density at radius 3 is 2.84 bits per heavy atom. The second kappa shape index (κ2) is 4.51. The molecule has 0 aliphatic heterocycles. The summed E-state index contributed by atoms with van der Waals surface area (Å²) in [6, 6.07) is 5.39. The highest BCUT2D eigenvalue weighted by Crippen LogP contribution is 2.34. The summed E-state index contributed by atoms with van der Waals surface area (Å²) in [5.41, 5.74) is 1.67. The fraction of sp³-hybridized carbons (Fsp3) is 0.0714. The van der Waals surface area contributed by atoms with Gasteiger partial charge in [0.05, 0.1) is 9.86 Å². The van der Waals surface area contributed by atoms with Gasteiger partial charge in [0, 0.05) is 10.9 Å². The van der Waals surface area contributed by atoms with Gasteiger partial charge in [-0.2, -0.15) is 11.3 Å². The molecule has 0 aliphatic rings. The summed E-state index contributed by atoms with van der Waals surface area (Å²) in [4.78, 5) is 12.2. The SMILES string of the molecule is Cc1cc(Br)c2oc(-c3ccsc3)c(O)c(=O)c2c1. The minimum atomic E-state index is -0.410. The molecule has 0 unspecified atom stereocenters. The van der Waals surface area contributed by atoms with Crippen LogP contribution in [0, 0.1) is 6.92 Å². The van der Waals surface area contributed by atoms with Crippen molar-refractivity contribution in [2.24, 2.45) is 0 Å². The number of aryl methyl sites for hydroxylation is 1. The van der Waals surface area contributed by atoms with Gasteiger partial charge in [-0.3, -0.25) is 4.79 Å². The molecule has 2 heterocycles. The predicted molar refractivity (Wildman–Crippen MR) is 79.9 cm³/mol. The molecule has 1 aromatic carbocycles. The predicted octanol–water partition coefficient (Wildman–Crippen LogP) is 4.30. The zero-order valence-corrected chi connectivity index (χ0v) is 12.3. The quantitative estimate of drug-likeness (QED) is 0.720. The van der Waals surface area contributed by atoms with Crippen LogP contribution in [0.4, 0.5) is 0 Å². The fourth-order valence-corrected chi connectivity index (χ4v) is 3.26. The van der Waals surface area contributed by atoms with Gasteiger partial charge in [0.1, 0.15) is 0 Å². The monoisotopic (exact) mass is 336 g/mol. The first-order valence-electron chi connectivity index (χ1n) is 5.56. The van der Waals surface area contributed by atoms with Gasteiger partial charge < -0.3 is 9.52 Å². The minimum absolute atomic E-state index is 0.211. The summed E-state index contributed by atoms with van der Waals surface area (Å²) >= 11 is 4.87. The molecule has 0 saturated heterocycles. The lowest BCUT2D eigenvalue weighted by atomic mass is 10.1. The molecule has 2 aromatic heterocycles. The molecule has 3 aromatic rings. The van der Waals surface area contributed by atoms with Gasteiger partial charge in [-0.1, -0.05) is 0 Å². The van der Waals surface area contributed by atoms with Crippen LogP contribution in [0.25, 0.3) is 22.3 Å². The molecule has 0 radical (unpaired) electrons. The highest BCUT2D eigenvalue weighted by Gasteiger charge is 2.17. The molecule has 0 saturated carbocycles. The van der Waals surface area contributed by atoms with Crippen LogP contribution in [0.1, 0.15) is 5.56 Å². The average Bonchev–Trinajstić information content (AvgIpc) is 2.88. The maximum atomic E-state index is 12.2. The van der Waals surface area contributed by atoms with Gasteiger partial charge in [0.15, 0.2) is 11.3 Å². The van der Waals surface area contributed by atoms with Crippen molar-refractivity contribution < 1.29 is 9.52 Å². The lowest BCUT2D eigenvalue weighted by molar-refractivity contribution is 0.449. The van der Waals surface area contributed by atoms with Crippen LogP contribution in [0.3, 0.4) is 0 Å². The van der Waals surface area contributed by atoms with Crippen molar-refractivity contribution in [3.05, 3.63) is 49.2 Å². The first-order valence-corrected chi connectivity index (χ1v) is 7.30. The molecule has 0 amide bonds. The Morgan fingerprint density at radius 2 is 2.16 bits per heavy atom. The number of halogens is 1. The Kier molecular flexibility index (Phi) is 2.95. The van der Waals surface area contributed by atoms with E-state index in [1.807, 2.05) is 23.8 Å². The van der Waals surface area contributed by atoms with E-state index in [4.69, 9.17) is 4.42 Å². The van der Waals surface area contributed by atoms with Crippen molar-refractivity contribution in [3.63, 3.8) is 0 Å². The average molecular weight is 337 g/mol.